The van der Waals surface area contributed by atoms with E-state index in [-0.39, 0.29) is 0 Å². The second kappa shape index (κ2) is 7.14. The standard InChI is InChI=1S/C21H30N2O3S/c24-27(25,23-8-10-26-11-9-23)17-6-4-15(5-7-17)14-22-21-13-16-12-20(21)19-3-1-2-18(16)19/h4-7,16,18-22H,1-3,8-14H2/p+1/t16-,18-,19+,20+,21+/m1/s1. The maximum atomic E-state index is 12.7. The van der Waals surface area contributed by atoms with Crippen molar-refractivity contribution < 1.29 is 18.5 Å². The summed E-state index contributed by atoms with van der Waals surface area (Å²) in [6.45, 7) is 2.83. The van der Waals surface area contributed by atoms with Crippen LogP contribution in [0.1, 0.15) is 37.7 Å². The third-order valence-electron chi connectivity index (χ3n) is 7.67. The van der Waals surface area contributed by atoms with Crippen molar-refractivity contribution in [2.75, 3.05) is 26.3 Å². The van der Waals surface area contributed by atoms with E-state index >= 15 is 0 Å². The molecule has 0 amide bonds. The Balaban J connectivity index is 1.20. The number of morpholine rings is 1. The maximum Gasteiger partial charge on any atom is 0.243 e. The van der Waals surface area contributed by atoms with Gasteiger partial charge in [0.15, 0.2) is 0 Å². The molecule has 1 aromatic rings. The highest BCUT2D eigenvalue weighted by molar-refractivity contribution is 7.89. The minimum Gasteiger partial charge on any atom is -0.379 e. The number of hydrogen-bond donors (Lipinski definition) is 1. The molecule has 5 nitrogen and oxygen atoms in total. The van der Waals surface area contributed by atoms with Crippen molar-refractivity contribution in [1.82, 2.24) is 4.31 Å². The summed E-state index contributed by atoms with van der Waals surface area (Å²) in [5.74, 6) is 3.98. The van der Waals surface area contributed by atoms with E-state index < -0.39 is 10.0 Å². The van der Waals surface area contributed by atoms with Crippen molar-refractivity contribution >= 4 is 10.0 Å². The Bertz CT molecular complexity index is 773. The zero-order valence-electron chi connectivity index (χ0n) is 15.9. The molecule has 3 aliphatic carbocycles. The van der Waals surface area contributed by atoms with Gasteiger partial charge in [0.1, 0.15) is 6.54 Å². The van der Waals surface area contributed by atoms with Crippen LogP contribution in [0.2, 0.25) is 0 Å². The van der Waals surface area contributed by atoms with E-state index in [4.69, 9.17) is 4.74 Å². The number of hydrogen-bond acceptors (Lipinski definition) is 3. The molecule has 0 aromatic heterocycles. The summed E-state index contributed by atoms with van der Waals surface area (Å²) in [5, 5.41) is 2.53. The molecule has 0 unspecified atom stereocenters. The Kier molecular flexibility index (Phi) is 4.79. The van der Waals surface area contributed by atoms with Crippen molar-refractivity contribution in [2.45, 2.75) is 49.6 Å². The van der Waals surface area contributed by atoms with E-state index in [2.05, 4.69) is 5.32 Å². The van der Waals surface area contributed by atoms with E-state index in [9.17, 15) is 8.42 Å². The van der Waals surface area contributed by atoms with Crippen molar-refractivity contribution in [3.8, 4) is 0 Å². The third kappa shape index (κ3) is 3.24. The van der Waals surface area contributed by atoms with E-state index in [0.717, 1.165) is 36.3 Å². The predicted molar refractivity (Wildman–Crippen MR) is 102 cm³/mol. The first-order chi connectivity index (χ1) is 13.1. The fourth-order valence-corrected chi connectivity index (χ4v) is 7.82. The summed E-state index contributed by atoms with van der Waals surface area (Å²) in [6, 6.07) is 8.33. The van der Waals surface area contributed by atoms with Crippen LogP contribution in [0.3, 0.4) is 0 Å². The molecule has 5 atom stereocenters. The third-order valence-corrected chi connectivity index (χ3v) is 9.58. The summed E-state index contributed by atoms with van der Waals surface area (Å²) in [6.07, 6.45) is 7.26. The van der Waals surface area contributed by atoms with Gasteiger partial charge in [0.05, 0.1) is 24.2 Å². The molecular formula is C21H31N2O3S+. The first-order valence-electron chi connectivity index (χ1n) is 10.6. The quantitative estimate of drug-likeness (QED) is 0.829. The van der Waals surface area contributed by atoms with Crippen LogP contribution in [0.15, 0.2) is 29.2 Å². The normalized spacial score (nSPS) is 36.2. The molecule has 3 saturated carbocycles. The average Bonchev–Trinajstić information content (AvgIpc) is 3.41. The lowest BCUT2D eigenvalue weighted by Crippen LogP contribution is -2.90. The number of ether oxygens (including phenoxy) is 1. The van der Waals surface area contributed by atoms with Crippen LogP contribution in [0.5, 0.6) is 0 Å². The summed E-state index contributed by atoms with van der Waals surface area (Å²) < 4.78 is 32.2. The Hall–Kier alpha value is -0.950. The molecule has 1 saturated heterocycles. The molecule has 2 N–H and O–H groups in total. The van der Waals surface area contributed by atoms with Crippen LogP contribution in [0.4, 0.5) is 0 Å². The minimum atomic E-state index is -3.38. The van der Waals surface area contributed by atoms with Crippen LogP contribution in [-0.2, 0) is 21.3 Å². The Morgan fingerprint density at radius 3 is 2.52 bits per heavy atom. The first-order valence-corrected chi connectivity index (χ1v) is 12.1. The topological polar surface area (TPSA) is 63.2 Å². The second-order valence-electron chi connectivity index (χ2n) is 8.92. The fourth-order valence-electron chi connectivity index (χ4n) is 6.41. The average molecular weight is 392 g/mol. The summed E-state index contributed by atoms with van der Waals surface area (Å²) in [5.41, 5.74) is 1.22. The SMILES string of the molecule is O=S(=O)(c1ccc(C[NH2+][C@H]2C[C@H]3C[C@H]2[C@H]2CCC[C@H]32)cc1)N1CCOCC1. The van der Waals surface area contributed by atoms with Gasteiger partial charge in [-0.2, -0.15) is 4.31 Å². The van der Waals surface area contributed by atoms with Crippen LogP contribution in [0.25, 0.3) is 0 Å². The largest absolute Gasteiger partial charge is 0.379 e. The number of benzene rings is 1. The van der Waals surface area contributed by atoms with Gasteiger partial charge in [0.2, 0.25) is 10.0 Å². The molecule has 5 rings (SSSR count). The fraction of sp³-hybridized carbons (Fsp3) is 0.714. The van der Waals surface area contributed by atoms with Gasteiger partial charge in [0.25, 0.3) is 0 Å². The molecule has 4 aliphatic rings. The lowest BCUT2D eigenvalue weighted by atomic mass is 9.79. The number of nitrogens with two attached hydrogens (primary N) is 1. The number of rotatable bonds is 5. The van der Waals surface area contributed by atoms with Gasteiger partial charge in [-0.1, -0.05) is 18.6 Å². The summed E-state index contributed by atoms with van der Waals surface area (Å²) >= 11 is 0. The van der Waals surface area contributed by atoms with Crippen molar-refractivity contribution in [3.63, 3.8) is 0 Å². The highest BCUT2D eigenvalue weighted by Gasteiger charge is 2.55. The van der Waals surface area contributed by atoms with Gasteiger partial charge in [0, 0.05) is 31.0 Å². The Morgan fingerprint density at radius 2 is 1.74 bits per heavy atom. The number of sulfonamides is 1. The molecule has 0 spiro atoms. The maximum absolute atomic E-state index is 12.7. The lowest BCUT2D eigenvalue weighted by Gasteiger charge is -2.30. The monoisotopic (exact) mass is 391 g/mol. The molecule has 4 fully saturated rings. The molecular weight excluding hydrogens is 360 g/mol. The smallest absolute Gasteiger partial charge is 0.243 e. The Labute approximate surface area is 162 Å². The van der Waals surface area contributed by atoms with Crippen molar-refractivity contribution in [2.24, 2.45) is 23.7 Å². The predicted octanol–water partition coefficient (Wildman–Crippen LogP) is 1.60. The second-order valence-corrected chi connectivity index (χ2v) is 10.9. The zero-order chi connectivity index (χ0) is 18.4. The molecule has 1 aliphatic heterocycles. The number of quaternary nitrogens is 1. The van der Waals surface area contributed by atoms with Crippen LogP contribution < -0.4 is 5.32 Å². The lowest BCUT2D eigenvalue weighted by molar-refractivity contribution is -0.711. The van der Waals surface area contributed by atoms with Gasteiger partial charge < -0.3 is 10.1 Å². The van der Waals surface area contributed by atoms with Crippen LogP contribution in [-0.4, -0.2) is 45.1 Å². The number of fused-ring (bicyclic) bond motifs is 5. The van der Waals surface area contributed by atoms with Gasteiger partial charge in [-0.25, -0.2) is 8.42 Å². The minimum absolute atomic E-state index is 0.405. The van der Waals surface area contributed by atoms with E-state index in [1.54, 1.807) is 12.1 Å². The van der Waals surface area contributed by atoms with Crippen LogP contribution >= 0.6 is 0 Å². The molecule has 148 valence electrons. The highest BCUT2D eigenvalue weighted by atomic mass is 32.2. The molecule has 6 heteroatoms. The highest BCUT2D eigenvalue weighted by Crippen LogP contribution is 2.57. The van der Waals surface area contributed by atoms with Crippen LogP contribution in [0, 0.1) is 23.7 Å². The molecule has 1 aromatic carbocycles. The van der Waals surface area contributed by atoms with Crippen molar-refractivity contribution in [3.05, 3.63) is 29.8 Å². The molecule has 2 bridgehead atoms. The van der Waals surface area contributed by atoms with Gasteiger partial charge in [-0.15, -0.1) is 0 Å². The van der Waals surface area contributed by atoms with Crippen molar-refractivity contribution in [1.29, 1.82) is 0 Å². The summed E-state index contributed by atoms with van der Waals surface area (Å²) in [4.78, 5) is 0.405. The van der Waals surface area contributed by atoms with Gasteiger partial charge in [-0.3, -0.25) is 0 Å². The molecule has 1 heterocycles. The van der Waals surface area contributed by atoms with Gasteiger partial charge >= 0.3 is 0 Å². The first kappa shape index (κ1) is 18.1. The van der Waals surface area contributed by atoms with E-state index in [1.165, 1.54) is 42.0 Å². The van der Waals surface area contributed by atoms with E-state index in [0.29, 0.717) is 31.2 Å². The Morgan fingerprint density at radius 1 is 1.00 bits per heavy atom. The summed E-state index contributed by atoms with van der Waals surface area (Å²) in [7, 11) is -3.38. The van der Waals surface area contributed by atoms with E-state index in [1.807, 2.05) is 12.1 Å². The van der Waals surface area contributed by atoms with Gasteiger partial charge in [-0.05, 0) is 49.1 Å². The molecule has 0 radical (unpaired) electrons. The molecule has 27 heavy (non-hydrogen) atoms. The zero-order valence-corrected chi connectivity index (χ0v) is 16.7. The number of nitrogens with zero attached hydrogens (tertiary/aromatic N) is 1.